The van der Waals surface area contributed by atoms with Gasteiger partial charge in [-0.1, -0.05) is 12.1 Å². The molecule has 1 N–H and O–H groups in total. The molecule has 3 rings (SSSR count). The van der Waals surface area contributed by atoms with E-state index in [0.29, 0.717) is 23.8 Å². The minimum atomic E-state index is -3.81. The minimum Gasteiger partial charge on any atom is -0.495 e. The van der Waals surface area contributed by atoms with Gasteiger partial charge in [0.25, 0.3) is 5.91 Å². The van der Waals surface area contributed by atoms with Gasteiger partial charge in [0, 0.05) is 19.7 Å². The number of anilines is 1. The molecule has 9 heteroatoms. The van der Waals surface area contributed by atoms with Crippen molar-refractivity contribution in [3.63, 3.8) is 0 Å². The summed E-state index contributed by atoms with van der Waals surface area (Å²) in [7, 11) is 0.387. The molecule has 0 aliphatic rings. The van der Waals surface area contributed by atoms with Crippen LogP contribution >= 0.6 is 0 Å². The number of carbonyl (C=O) groups is 1. The molecule has 8 nitrogen and oxygen atoms in total. The molecule has 0 bridgehead atoms. The fourth-order valence-corrected chi connectivity index (χ4v) is 4.04. The Hall–Kier alpha value is -3.56. The molecule has 3 aromatic rings. The second kappa shape index (κ2) is 10.4. The Kier molecular flexibility index (Phi) is 7.57. The summed E-state index contributed by atoms with van der Waals surface area (Å²) in [5.41, 5.74) is 0.594. The van der Waals surface area contributed by atoms with E-state index in [9.17, 15) is 13.2 Å². The molecule has 0 heterocycles. The largest absolute Gasteiger partial charge is 0.495 e. The van der Waals surface area contributed by atoms with Crippen LogP contribution in [-0.4, -0.2) is 46.4 Å². The van der Waals surface area contributed by atoms with Gasteiger partial charge in [-0.15, -0.1) is 0 Å². The van der Waals surface area contributed by atoms with Crippen LogP contribution in [0.25, 0.3) is 0 Å². The van der Waals surface area contributed by atoms with Gasteiger partial charge < -0.3 is 19.5 Å². The highest BCUT2D eigenvalue weighted by Crippen LogP contribution is 2.31. The van der Waals surface area contributed by atoms with Crippen LogP contribution < -0.4 is 19.5 Å². The summed E-state index contributed by atoms with van der Waals surface area (Å²) >= 11 is 0. The third kappa shape index (κ3) is 5.63. The number of hydrogen-bond donors (Lipinski definition) is 1. The monoisotopic (exact) mass is 470 g/mol. The first-order chi connectivity index (χ1) is 15.8. The Morgan fingerprint density at radius 2 is 1.61 bits per heavy atom. The molecule has 174 valence electrons. The Bertz CT molecular complexity index is 1220. The normalized spacial score (nSPS) is 11.2. The maximum absolute atomic E-state index is 13.0. The van der Waals surface area contributed by atoms with Crippen molar-refractivity contribution in [3.05, 3.63) is 72.3 Å². The maximum Gasteiger partial charge on any atom is 0.255 e. The Morgan fingerprint density at radius 3 is 2.24 bits per heavy atom. The van der Waals surface area contributed by atoms with Crippen molar-refractivity contribution in [2.24, 2.45) is 0 Å². The van der Waals surface area contributed by atoms with E-state index in [2.05, 4.69) is 5.32 Å². The molecule has 0 atom stereocenters. The SMILES string of the molecule is CCOc1ccc(Oc2ccccc2NC(=O)c2ccc(OC)c(S(=O)(=O)N(C)C)c2)cc1. The first-order valence-electron chi connectivity index (χ1n) is 10.2. The molecule has 0 aromatic heterocycles. The van der Waals surface area contributed by atoms with Crippen molar-refractivity contribution in [1.29, 1.82) is 0 Å². The van der Waals surface area contributed by atoms with Crippen molar-refractivity contribution in [2.45, 2.75) is 11.8 Å². The van der Waals surface area contributed by atoms with E-state index in [1.165, 1.54) is 39.4 Å². The van der Waals surface area contributed by atoms with Gasteiger partial charge >= 0.3 is 0 Å². The van der Waals surface area contributed by atoms with Crippen molar-refractivity contribution < 1.29 is 27.4 Å². The van der Waals surface area contributed by atoms with E-state index in [1.807, 2.05) is 6.92 Å². The van der Waals surface area contributed by atoms with Crippen LogP contribution in [0.15, 0.2) is 71.6 Å². The second-order valence-electron chi connectivity index (χ2n) is 7.11. The van der Waals surface area contributed by atoms with E-state index in [-0.39, 0.29) is 16.2 Å². The number of rotatable bonds is 9. The Balaban J connectivity index is 1.85. The van der Waals surface area contributed by atoms with Crippen LogP contribution in [-0.2, 0) is 10.0 Å². The van der Waals surface area contributed by atoms with E-state index < -0.39 is 15.9 Å². The zero-order valence-electron chi connectivity index (χ0n) is 18.9. The Morgan fingerprint density at radius 1 is 0.939 bits per heavy atom. The van der Waals surface area contributed by atoms with E-state index >= 15 is 0 Å². The number of methoxy groups -OCH3 is 1. The molecule has 0 radical (unpaired) electrons. The smallest absolute Gasteiger partial charge is 0.255 e. The summed E-state index contributed by atoms with van der Waals surface area (Å²) < 4.78 is 42.9. The average Bonchev–Trinajstić information content (AvgIpc) is 2.81. The summed E-state index contributed by atoms with van der Waals surface area (Å²) in [5, 5.41) is 2.79. The molecule has 0 unspecified atom stereocenters. The van der Waals surface area contributed by atoms with Crippen molar-refractivity contribution in [3.8, 4) is 23.0 Å². The summed E-state index contributed by atoms with van der Waals surface area (Å²) in [5.74, 6) is 1.40. The van der Waals surface area contributed by atoms with Crippen molar-refractivity contribution >= 4 is 21.6 Å². The van der Waals surface area contributed by atoms with Gasteiger partial charge in [-0.2, -0.15) is 0 Å². The van der Waals surface area contributed by atoms with Crippen LogP contribution in [0.3, 0.4) is 0 Å². The first-order valence-corrected chi connectivity index (χ1v) is 11.6. The molecule has 0 aliphatic heterocycles. The van der Waals surface area contributed by atoms with Crippen LogP contribution in [0.5, 0.6) is 23.0 Å². The van der Waals surface area contributed by atoms with Gasteiger partial charge in [0.2, 0.25) is 10.0 Å². The lowest BCUT2D eigenvalue weighted by Gasteiger charge is -2.16. The maximum atomic E-state index is 13.0. The summed E-state index contributed by atoms with van der Waals surface area (Å²) in [6.45, 7) is 2.48. The van der Waals surface area contributed by atoms with Crippen LogP contribution in [0.1, 0.15) is 17.3 Å². The molecule has 3 aromatic carbocycles. The minimum absolute atomic E-state index is 0.0958. The van der Waals surface area contributed by atoms with E-state index in [4.69, 9.17) is 14.2 Å². The Labute approximate surface area is 193 Å². The van der Waals surface area contributed by atoms with Gasteiger partial charge in [-0.3, -0.25) is 4.79 Å². The predicted molar refractivity (Wildman–Crippen MR) is 126 cm³/mol. The molecule has 0 fully saturated rings. The van der Waals surface area contributed by atoms with Gasteiger partial charge in [0.05, 0.1) is 19.4 Å². The zero-order chi connectivity index (χ0) is 24.0. The molecule has 1 amide bonds. The summed E-state index contributed by atoms with van der Waals surface area (Å²) in [6, 6.07) is 18.3. The second-order valence-corrected chi connectivity index (χ2v) is 9.23. The van der Waals surface area contributed by atoms with Gasteiger partial charge in [0.15, 0.2) is 5.75 Å². The van der Waals surface area contributed by atoms with Crippen molar-refractivity contribution in [1.82, 2.24) is 4.31 Å². The molecule has 0 spiro atoms. The third-order valence-electron chi connectivity index (χ3n) is 4.68. The highest BCUT2D eigenvalue weighted by atomic mass is 32.2. The molecule has 33 heavy (non-hydrogen) atoms. The lowest BCUT2D eigenvalue weighted by atomic mass is 10.2. The number of sulfonamides is 1. The van der Waals surface area contributed by atoms with Crippen LogP contribution in [0.4, 0.5) is 5.69 Å². The van der Waals surface area contributed by atoms with Crippen LogP contribution in [0.2, 0.25) is 0 Å². The molecule has 0 aliphatic carbocycles. The number of carbonyl (C=O) groups excluding carboxylic acids is 1. The van der Waals surface area contributed by atoms with Gasteiger partial charge in [0.1, 0.15) is 22.1 Å². The van der Waals surface area contributed by atoms with Gasteiger partial charge in [-0.25, -0.2) is 12.7 Å². The number of benzene rings is 3. The zero-order valence-corrected chi connectivity index (χ0v) is 19.7. The number of hydrogen-bond acceptors (Lipinski definition) is 6. The highest BCUT2D eigenvalue weighted by Gasteiger charge is 2.24. The topological polar surface area (TPSA) is 94.2 Å². The fourth-order valence-electron chi connectivity index (χ4n) is 2.97. The molecular weight excluding hydrogens is 444 g/mol. The van der Waals surface area contributed by atoms with Crippen LogP contribution in [0, 0.1) is 0 Å². The lowest BCUT2D eigenvalue weighted by Crippen LogP contribution is -2.23. The number of amides is 1. The van der Waals surface area contributed by atoms with E-state index in [1.54, 1.807) is 48.5 Å². The predicted octanol–water partition coefficient (Wildman–Crippen LogP) is 4.39. The number of ether oxygens (including phenoxy) is 3. The molecular formula is C24H26N2O6S. The number of nitrogens with one attached hydrogen (secondary N) is 1. The van der Waals surface area contributed by atoms with Gasteiger partial charge in [-0.05, 0) is 61.5 Å². The van der Waals surface area contributed by atoms with E-state index in [0.717, 1.165) is 10.1 Å². The highest BCUT2D eigenvalue weighted by molar-refractivity contribution is 7.89. The fraction of sp³-hybridized carbons (Fsp3) is 0.208. The third-order valence-corrected chi connectivity index (χ3v) is 6.52. The summed E-state index contributed by atoms with van der Waals surface area (Å²) in [6.07, 6.45) is 0. The summed E-state index contributed by atoms with van der Waals surface area (Å²) in [4.78, 5) is 12.9. The average molecular weight is 471 g/mol. The number of nitrogens with zero attached hydrogens (tertiary/aromatic N) is 1. The molecule has 0 saturated carbocycles. The molecule has 0 saturated heterocycles. The number of para-hydroxylation sites is 2. The first kappa shape index (κ1) is 24.1. The lowest BCUT2D eigenvalue weighted by molar-refractivity contribution is 0.102. The van der Waals surface area contributed by atoms with Crippen molar-refractivity contribution in [2.75, 3.05) is 33.1 Å². The quantitative estimate of drug-likeness (QED) is 0.499. The standard InChI is InChI=1S/C24H26N2O6S/c1-5-31-18-11-13-19(14-12-18)32-21-9-7-6-8-20(21)25-24(27)17-10-15-22(30-4)23(16-17)33(28,29)26(2)3/h6-16H,5H2,1-4H3,(H,25,27).